The molecule has 0 aliphatic heterocycles. The number of H-pyrrole nitrogens is 1. The van der Waals surface area contributed by atoms with Crippen molar-refractivity contribution in [2.45, 2.75) is 38.6 Å². The highest BCUT2D eigenvalue weighted by molar-refractivity contribution is 5.60. The van der Waals surface area contributed by atoms with E-state index in [1.807, 2.05) is 6.20 Å². The largest absolute Gasteiger partial charge is 0.342 e. The molecule has 1 aliphatic rings. The van der Waals surface area contributed by atoms with Crippen LogP contribution in [0.1, 0.15) is 42.1 Å². The van der Waals surface area contributed by atoms with E-state index >= 15 is 0 Å². The lowest BCUT2D eigenvalue weighted by Gasteiger charge is -2.22. The summed E-state index contributed by atoms with van der Waals surface area (Å²) in [7, 11) is 0. The van der Waals surface area contributed by atoms with E-state index in [9.17, 15) is 0 Å². The summed E-state index contributed by atoms with van der Waals surface area (Å²) in [6.07, 6.45) is 5.82. The number of hydrogen-bond acceptors (Lipinski definition) is 2. The van der Waals surface area contributed by atoms with Gasteiger partial charge in [-0.05, 0) is 42.5 Å². The Labute approximate surface area is 107 Å². The fourth-order valence-corrected chi connectivity index (χ4v) is 2.43. The fraction of sp³-hybridized carbons (Fsp3) is 0.400. The first-order chi connectivity index (χ1) is 8.78. The van der Waals surface area contributed by atoms with Crippen molar-refractivity contribution in [2.75, 3.05) is 0 Å². The molecule has 0 radical (unpaired) electrons. The molecule has 0 saturated heterocycles. The van der Waals surface area contributed by atoms with Crippen LogP contribution in [0, 0.1) is 6.92 Å². The van der Waals surface area contributed by atoms with Crippen LogP contribution in [0.25, 0.3) is 11.3 Å². The van der Waals surface area contributed by atoms with Crippen molar-refractivity contribution in [3.63, 3.8) is 0 Å². The number of nitrogens with zero attached hydrogens (tertiary/aromatic N) is 1. The predicted molar refractivity (Wildman–Crippen MR) is 73.2 cm³/mol. The third kappa shape index (κ3) is 1.95. The SMILES string of the molecule is Cc1ccc(-c2cnc(C3CCC3)[nH]2)cc1CN. The molecular weight excluding hydrogens is 222 g/mol. The van der Waals surface area contributed by atoms with Crippen LogP contribution in [0.2, 0.25) is 0 Å². The summed E-state index contributed by atoms with van der Waals surface area (Å²) in [4.78, 5) is 7.96. The van der Waals surface area contributed by atoms with Gasteiger partial charge in [-0.1, -0.05) is 18.6 Å². The molecule has 0 bridgehead atoms. The average Bonchev–Trinajstić information content (AvgIpc) is 2.76. The van der Waals surface area contributed by atoms with Crippen LogP contribution in [0.15, 0.2) is 24.4 Å². The molecule has 0 atom stereocenters. The number of nitrogens with one attached hydrogen (secondary N) is 1. The third-order valence-corrected chi connectivity index (χ3v) is 3.97. The molecule has 2 aromatic rings. The monoisotopic (exact) mass is 241 g/mol. The van der Waals surface area contributed by atoms with Gasteiger partial charge in [0.2, 0.25) is 0 Å². The minimum Gasteiger partial charge on any atom is -0.342 e. The van der Waals surface area contributed by atoms with Crippen LogP contribution in [-0.2, 0) is 6.54 Å². The van der Waals surface area contributed by atoms with E-state index in [1.165, 1.54) is 36.0 Å². The highest BCUT2D eigenvalue weighted by Gasteiger charge is 2.22. The van der Waals surface area contributed by atoms with Gasteiger partial charge in [0.1, 0.15) is 5.82 Å². The molecule has 1 fully saturated rings. The van der Waals surface area contributed by atoms with Gasteiger partial charge in [0.25, 0.3) is 0 Å². The number of hydrogen-bond donors (Lipinski definition) is 2. The topological polar surface area (TPSA) is 54.7 Å². The Morgan fingerprint density at radius 2 is 2.22 bits per heavy atom. The third-order valence-electron chi connectivity index (χ3n) is 3.97. The second-order valence-electron chi connectivity index (χ2n) is 5.16. The maximum Gasteiger partial charge on any atom is 0.109 e. The second kappa shape index (κ2) is 4.58. The lowest BCUT2D eigenvalue weighted by molar-refractivity contribution is 0.404. The van der Waals surface area contributed by atoms with E-state index in [0.717, 1.165) is 11.5 Å². The summed E-state index contributed by atoms with van der Waals surface area (Å²) in [5.41, 5.74) is 10.5. The molecule has 0 unspecified atom stereocenters. The summed E-state index contributed by atoms with van der Waals surface area (Å²) < 4.78 is 0. The quantitative estimate of drug-likeness (QED) is 0.867. The van der Waals surface area contributed by atoms with Crippen molar-refractivity contribution in [2.24, 2.45) is 5.73 Å². The molecular formula is C15H19N3. The first-order valence-electron chi connectivity index (χ1n) is 6.63. The van der Waals surface area contributed by atoms with Gasteiger partial charge >= 0.3 is 0 Å². The number of aromatic amines is 1. The van der Waals surface area contributed by atoms with Crippen LogP contribution in [0.4, 0.5) is 0 Å². The zero-order valence-electron chi connectivity index (χ0n) is 10.7. The Morgan fingerprint density at radius 3 is 2.89 bits per heavy atom. The number of imidazole rings is 1. The van der Waals surface area contributed by atoms with Crippen LogP contribution < -0.4 is 5.73 Å². The van der Waals surface area contributed by atoms with Crippen molar-refractivity contribution < 1.29 is 0 Å². The smallest absolute Gasteiger partial charge is 0.109 e. The number of aromatic nitrogens is 2. The van der Waals surface area contributed by atoms with E-state index in [-0.39, 0.29) is 0 Å². The first kappa shape index (κ1) is 11.5. The summed E-state index contributed by atoms with van der Waals surface area (Å²) in [6, 6.07) is 6.42. The lowest BCUT2D eigenvalue weighted by Crippen LogP contribution is -2.10. The van der Waals surface area contributed by atoms with Crippen molar-refractivity contribution in [1.29, 1.82) is 0 Å². The Bertz CT molecular complexity index is 553. The Kier molecular flexibility index (Phi) is 2.92. The van der Waals surface area contributed by atoms with Crippen molar-refractivity contribution in [3.8, 4) is 11.3 Å². The number of aryl methyl sites for hydroxylation is 1. The van der Waals surface area contributed by atoms with E-state index in [4.69, 9.17) is 5.73 Å². The summed E-state index contributed by atoms with van der Waals surface area (Å²) >= 11 is 0. The zero-order chi connectivity index (χ0) is 12.5. The van der Waals surface area contributed by atoms with Gasteiger partial charge < -0.3 is 10.7 Å². The average molecular weight is 241 g/mol. The van der Waals surface area contributed by atoms with Crippen molar-refractivity contribution in [1.82, 2.24) is 9.97 Å². The molecule has 3 nitrogen and oxygen atoms in total. The molecule has 1 heterocycles. The van der Waals surface area contributed by atoms with Gasteiger partial charge in [-0.3, -0.25) is 0 Å². The summed E-state index contributed by atoms with van der Waals surface area (Å²) in [5.74, 6) is 1.80. The van der Waals surface area contributed by atoms with Crippen LogP contribution >= 0.6 is 0 Å². The van der Waals surface area contributed by atoms with Crippen molar-refractivity contribution in [3.05, 3.63) is 41.3 Å². The standard InChI is InChI=1S/C15H19N3/c1-10-5-6-12(7-13(10)8-16)14-9-17-15(18-14)11-3-2-4-11/h5-7,9,11H,2-4,8,16H2,1H3,(H,17,18). The summed E-state index contributed by atoms with van der Waals surface area (Å²) in [5, 5.41) is 0. The molecule has 0 spiro atoms. The normalized spacial score (nSPS) is 15.7. The van der Waals surface area contributed by atoms with Crippen LogP contribution in [-0.4, -0.2) is 9.97 Å². The lowest BCUT2D eigenvalue weighted by atomic mass is 9.85. The fourth-order valence-electron chi connectivity index (χ4n) is 2.43. The first-order valence-corrected chi connectivity index (χ1v) is 6.63. The van der Waals surface area contributed by atoms with Crippen LogP contribution in [0.5, 0.6) is 0 Å². The van der Waals surface area contributed by atoms with Crippen LogP contribution in [0.3, 0.4) is 0 Å². The second-order valence-corrected chi connectivity index (χ2v) is 5.16. The summed E-state index contributed by atoms with van der Waals surface area (Å²) in [6.45, 7) is 2.68. The van der Waals surface area contributed by atoms with E-state index in [1.54, 1.807) is 0 Å². The van der Waals surface area contributed by atoms with E-state index in [2.05, 4.69) is 35.1 Å². The molecule has 1 aromatic carbocycles. The molecule has 1 saturated carbocycles. The molecule has 3 rings (SSSR count). The number of nitrogens with two attached hydrogens (primary N) is 1. The number of benzene rings is 1. The molecule has 0 amide bonds. The molecule has 3 N–H and O–H groups in total. The molecule has 1 aliphatic carbocycles. The minimum atomic E-state index is 0.587. The Morgan fingerprint density at radius 1 is 1.39 bits per heavy atom. The molecule has 1 aromatic heterocycles. The highest BCUT2D eigenvalue weighted by Crippen LogP contribution is 2.35. The van der Waals surface area contributed by atoms with Gasteiger partial charge in [0.15, 0.2) is 0 Å². The molecule has 3 heteroatoms. The highest BCUT2D eigenvalue weighted by atomic mass is 14.9. The van der Waals surface area contributed by atoms with Gasteiger partial charge in [-0.15, -0.1) is 0 Å². The van der Waals surface area contributed by atoms with Gasteiger partial charge in [0.05, 0.1) is 11.9 Å². The maximum atomic E-state index is 5.76. The maximum absolute atomic E-state index is 5.76. The van der Waals surface area contributed by atoms with Gasteiger partial charge in [0, 0.05) is 12.5 Å². The Hall–Kier alpha value is -1.61. The van der Waals surface area contributed by atoms with Gasteiger partial charge in [-0.2, -0.15) is 0 Å². The van der Waals surface area contributed by atoms with Gasteiger partial charge in [-0.25, -0.2) is 4.98 Å². The number of rotatable bonds is 3. The zero-order valence-corrected chi connectivity index (χ0v) is 10.7. The molecule has 94 valence electrons. The van der Waals surface area contributed by atoms with E-state index in [0.29, 0.717) is 12.5 Å². The Balaban J connectivity index is 1.91. The van der Waals surface area contributed by atoms with Crippen molar-refractivity contribution >= 4 is 0 Å². The predicted octanol–water partition coefficient (Wildman–Crippen LogP) is 3.11. The molecule has 18 heavy (non-hydrogen) atoms. The minimum absolute atomic E-state index is 0.587. The van der Waals surface area contributed by atoms with E-state index < -0.39 is 0 Å².